The SMILES string of the molecule is CCCC[C@H]1C(=O)N(C)[C@@H](CCCC)C(=O)N[C@@H](CC(C)C)C(=O)N[C@H](C(=O)NCC(N)=O)CSCC(=O)N[C@@H](Cc2ccc(O)cc2)C(=O)N(C)[C@@H](C)C(=O)N[C@@H](CC(=O)O)C(=O)N2CCC[C@H]2C(=O)N[C@@H](CN)C(=O)N[C@@H](CC(C)C)C(=O)N2CCC[C@H]2C(=O)C[C@@H](Cc2c[nH]c3ccccc23)C(=O)N[C@@H](CO)C(=O)N[C@@H](Cc2c[nH]c3ccccc23)C(=O)N1C. The van der Waals surface area contributed by atoms with Crippen molar-refractivity contribution < 1.29 is 96.8 Å². The van der Waals surface area contributed by atoms with Gasteiger partial charge < -0.3 is 109 Å². The molecule has 0 unspecified atom stereocenters. The highest BCUT2D eigenvalue weighted by atomic mass is 32.2. The van der Waals surface area contributed by atoms with Crippen molar-refractivity contribution in [2.24, 2.45) is 29.2 Å². The number of nitrogens with two attached hydrogens (primary N) is 2. The van der Waals surface area contributed by atoms with Crippen LogP contribution < -0.4 is 59.3 Å². The summed E-state index contributed by atoms with van der Waals surface area (Å²) in [4.78, 5) is 260. The van der Waals surface area contributed by atoms with Gasteiger partial charge in [-0.15, -0.1) is 11.8 Å². The lowest BCUT2D eigenvalue weighted by Gasteiger charge is -2.36. The fourth-order valence-electron chi connectivity index (χ4n) is 16.4. The van der Waals surface area contributed by atoms with Crippen molar-refractivity contribution >= 4 is 134 Å². The Balaban J connectivity index is 1.17. The minimum Gasteiger partial charge on any atom is -0.508 e. The van der Waals surface area contributed by atoms with Gasteiger partial charge in [0.2, 0.25) is 88.6 Å². The number of nitrogens with one attached hydrogen (secondary N) is 11. The summed E-state index contributed by atoms with van der Waals surface area (Å²) in [6, 6.07) is 0.737. The highest BCUT2D eigenvalue weighted by Gasteiger charge is 2.46. The number of phenols is 1. The molecule has 3 aliphatic rings. The number of primary amides is 1. The lowest BCUT2D eigenvalue weighted by molar-refractivity contribution is -0.149. The summed E-state index contributed by atoms with van der Waals surface area (Å²) in [7, 11) is 3.98. The van der Waals surface area contributed by atoms with E-state index in [1.807, 2.05) is 26.0 Å². The van der Waals surface area contributed by atoms with Crippen molar-refractivity contribution in [1.82, 2.24) is 82.3 Å². The number of aliphatic hydroxyl groups excluding tert-OH is 1. The number of ketones is 1. The smallest absolute Gasteiger partial charge is 0.305 e. The Bertz CT molecular complexity index is 4790. The number of aliphatic carboxylic acids is 1. The van der Waals surface area contributed by atoms with E-state index in [0.717, 1.165) is 21.6 Å². The number of amides is 15. The summed E-state index contributed by atoms with van der Waals surface area (Å²) < 4.78 is 0. The number of aromatic amines is 2. The van der Waals surface area contributed by atoms with Crippen LogP contribution in [0.2, 0.25) is 0 Å². The van der Waals surface area contributed by atoms with E-state index in [1.165, 1.54) is 67.0 Å². The molecule has 14 atom stereocenters. The number of aliphatic hydroxyl groups is 1. The number of aromatic hydroxyl groups is 1. The lowest BCUT2D eigenvalue weighted by Crippen LogP contribution is -2.61. The minimum atomic E-state index is -1.86. The number of nitrogens with zero attached hydrogens (tertiary/aromatic N) is 5. The lowest BCUT2D eigenvalue weighted by atomic mass is 9.90. The van der Waals surface area contributed by atoms with E-state index < -0.39 is 229 Å². The number of fused-ring (bicyclic) bond motifs is 4. The molecule has 2 aromatic heterocycles. The molecular formula is C89H126N18O20S. The molecule has 8 rings (SSSR count). The fraction of sp³-hybridized carbons (Fsp3) is 0.562. The number of carboxylic acid groups (broad SMARTS) is 1. The molecule has 0 spiro atoms. The van der Waals surface area contributed by atoms with E-state index in [1.54, 1.807) is 76.5 Å². The normalized spacial score (nSPS) is 25.1. The van der Waals surface area contributed by atoms with Crippen LogP contribution in [-0.2, 0) is 101 Å². The van der Waals surface area contributed by atoms with Crippen molar-refractivity contribution in [3.63, 3.8) is 0 Å². The van der Waals surface area contributed by atoms with Crippen LogP contribution in [0.25, 0.3) is 21.8 Å². The number of rotatable bonds is 23. The maximum absolute atomic E-state index is 15.7. The Morgan fingerprint density at radius 3 is 1.62 bits per heavy atom. The molecule has 5 aromatic rings. The summed E-state index contributed by atoms with van der Waals surface area (Å²) in [6.45, 7) is 9.74. The number of phenolic OH excluding ortho intramolecular Hbond substituents is 1. The van der Waals surface area contributed by atoms with Gasteiger partial charge in [-0.2, -0.15) is 0 Å². The first-order valence-electron chi connectivity index (χ1n) is 43.8. The minimum absolute atomic E-state index is 0.00964. The fourth-order valence-corrected chi connectivity index (χ4v) is 17.2. The number of likely N-dealkylation sites (N-methyl/N-ethyl adjacent to an activating group) is 3. The van der Waals surface area contributed by atoms with Gasteiger partial charge in [0.05, 0.1) is 31.4 Å². The van der Waals surface area contributed by atoms with Crippen molar-refractivity contribution in [1.29, 1.82) is 0 Å². The second-order valence-electron chi connectivity index (χ2n) is 34.1. The van der Waals surface area contributed by atoms with Crippen molar-refractivity contribution in [2.75, 3.05) is 65.4 Å². The Labute approximate surface area is 747 Å². The largest absolute Gasteiger partial charge is 0.508 e. The zero-order chi connectivity index (χ0) is 93.9. The number of unbranched alkanes of at least 4 members (excludes halogenated alkanes) is 2. The van der Waals surface area contributed by atoms with Crippen LogP contribution in [0.3, 0.4) is 0 Å². The third-order valence-electron chi connectivity index (χ3n) is 23.5. The number of carbonyl (C=O) groups is 17. The van der Waals surface area contributed by atoms with Crippen molar-refractivity contribution in [3.05, 3.63) is 102 Å². The van der Waals surface area contributed by atoms with Gasteiger partial charge in [0.15, 0.2) is 5.78 Å². The van der Waals surface area contributed by atoms with E-state index in [0.29, 0.717) is 70.6 Å². The molecule has 38 nitrogen and oxygen atoms in total. The molecule has 3 aliphatic heterocycles. The van der Waals surface area contributed by atoms with Gasteiger partial charge >= 0.3 is 5.97 Å². The number of thioether (sulfide) groups is 1. The van der Waals surface area contributed by atoms with Gasteiger partial charge in [0.25, 0.3) is 0 Å². The van der Waals surface area contributed by atoms with E-state index in [4.69, 9.17) is 11.5 Å². The third-order valence-corrected chi connectivity index (χ3v) is 24.6. The molecule has 3 saturated heterocycles. The number of Topliss-reactive ketones (excluding diaryl/α,β-unsaturated/α-hetero) is 1. The van der Waals surface area contributed by atoms with E-state index in [9.17, 15) is 63.3 Å². The maximum atomic E-state index is 15.7. The van der Waals surface area contributed by atoms with Crippen LogP contribution in [0.4, 0.5) is 0 Å². The van der Waals surface area contributed by atoms with Crippen molar-refractivity contribution in [3.8, 4) is 5.75 Å². The van der Waals surface area contributed by atoms with Crippen LogP contribution >= 0.6 is 11.8 Å². The van der Waals surface area contributed by atoms with Crippen LogP contribution in [0.1, 0.15) is 155 Å². The average molecular weight is 1800 g/mol. The number of hydrogen-bond acceptors (Lipinski definition) is 21. The van der Waals surface area contributed by atoms with E-state index in [2.05, 4.69) is 57.8 Å². The molecule has 3 fully saturated rings. The first kappa shape index (κ1) is 101. The zero-order valence-electron chi connectivity index (χ0n) is 74.4. The number of benzene rings is 3. The van der Waals surface area contributed by atoms with Gasteiger partial charge in [0.1, 0.15) is 78.3 Å². The molecule has 3 aromatic carbocycles. The Morgan fingerprint density at radius 1 is 0.539 bits per heavy atom. The summed E-state index contributed by atoms with van der Waals surface area (Å²) in [5.74, 6) is -18.3. The third kappa shape index (κ3) is 27.8. The molecular weight excluding hydrogens is 1670 g/mol. The first-order chi connectivity index (χ1) is 60.9. The first-order valence-corrected chi connectivity index (χ1v) is 44.9. The molecule has 15 amide bonds. The number of H-pyrrole nitrogens is 2. The van der Waals surface area contributed by atoms with Crippen molar-refractivity contribution in [2.45, 2.75) is 236 Å². The van der Waals surface area contributed by atoms with Gasteiger partial charge in [-0.1, -0.05) is 116 Å². The topological polar surface area (TPSA) is 559 Å². The van der Waals surface area contributed by atoms with Gasteiger partial charge in [-0.25, -0.2) is 0 Å². The van der Waals surface area contributed by atoms with Crippen LogP contribution in [-0.4, -0.2) is 294 Å². The summed E-state index contributed by atoms with van der Waals surface area (Å²) >= 11 is 0.794. The van der Waals surface area contributed by atoms with Crippen LogP contribution in [0.15, 0.2) is 85.2 Å². The molecule has 18 N–H and O–H groups in total. The second kappa shape index (κ2) is 48.2. The summed E-state index contributed by atoms with van der Waals surface area (Å²) in [5, 5.41) is 56.6. The molecule has 128 heavy (non-hydrogen) atoms. The van der Waals surface area contributed by atoms with Gasteiger partial charge in [-0.3, -0.25) is 81.5 Å². The number of hydrogen-bond donors (Lipinski definition) is 16. The molecule has 0 bridgehead atoms. The molecule has 698 valence electrons. The summed E-state index contributed by atoms with van der Waals surface area (Å²) in [6.07, 6.45) is 3.66. The molecule has 39 heteroatoms. The van der Waals surface area contributed by atoms with Crippen LogP contribution in [0, 0.1) is 17.8 Å². The molecule has 0 aliphatic carbocycles. The Hall–Kier alpha value is -12.0. The van der Waals surface area contributed by atoms with E-state index in [-0.39, 0.29) is 94.9 Å². The highest BCUT2D eigenvalue weighted by molar-refractivity contribution is 8.00. The monoisotopic (exact) mass is 1800 g/mol. The predicted octanol–water partition coefficient (Wildman–Crippen LogP) is 0.566. The average Bonchev–Trinajstić information content (AvgIpc) is 1.56. The number of carboxylic acids is 1. The zero-order valence-corrected chi connectivity index (χ0v) is 75.2. The van der Waals surface area contributed by atoms with Gasteiger partial charge in [0, 0.05) is 106 Å². The number of carbonyl (C=O) groups excluding carboxylic acids is 16. The second-order valence-corrected chi connectivity index (χ2v) is 35.1. The standard InChI is InChI=1S/C89H126N18O20S/c1-11-13-25-70-83(121)96-61(35-49(3)4)80(118)102-68(79(117)94-45-74(91)111)47-128-48-75(112)95-63(37-52-29-31-56(109)32-30-52)85(123)103(8)51(7)77(115)97-65(41-76(113)114)88(126)107-34-20-28-71(107)84(122)100-66(42-90)81(119)98-62(36-50(5)6)87(125)106-33-19-27-69(106)73(110)40-53(38-54-43-92-59-23-17-15-21-57(54)59)78(116)101-67(46-108)82(120)99-64(39-55-44-93-60-24-18-16-22-58(55)60)86(124)105(10)72(26-14-12-2)89(127)104(70)9/h15-18,21-24,29-32,43-44,49-51,53,61-72,92-93,108-109H,11-14,19-20,25-28,33-42,45-48,90H2,1-10H3,(H2,91,111)(H,94,117)(H,95,112)(H,96,121)(H,97,115)(H,98,119)(H,99,120)(H,100,122)(H,101,116)(H,102,118)(H,113,114)/t51-,53+,61-,62-,63-,64-,65-,66-,67-,68-,69-,70-,71-,72-/m0/s1. The molecule has 5 heterocycles. The van der Waals surface area contributed by atoms with E-state index >= 15 is 33.6 Å². The maximum Gasteiger partial charge on any atom is 0.305 e. The Kier molecular flexibility index (Phi) is 38.2. The van der Waals surface area contributed by atoms with Crippen LogP contribution in [0.5, 0.6) is 5.75 Å². The highest BCUT2D eigenvalue weighted by Crippen LogP contribution is 2.30. The molecule has 0 saturated carbocycles. The number of para-hydroxylation sites is 2. The predicted molar refractivity (Wildman–Crippen MR) is 475 cm³/mol. The van der Waals surface area contributed by atoms with Gasteiger partial charge in [-0.05, 0) is 118 Å². The number of aromatic nitrogens is 2. The molecule has 0 radical (unpaired) electrons. The summed E-state index contributed by atoms with van der Waals surface area (Å²) in [5.41, 5.74) is 14.5. The quantitative estimate of drug-likeness (QED) is 0.0425. The Morgan fingerprint density at radius 2 is 1.04 bits per heavy atom.